The quantitative estimate of drug-likeness (QED) is 0.887. The highest BCUT2D eigenvalue weighted by molar-refractivity contribution is 7.89. The van der Waals surface area contributed by atoms with Crippen molar-refractivity contribution >= 4 is 15.7 Å². The molecule has 1 atom stereocenters. The topological polar surface area (TPSA) is 67.9 Å². The molecule has 134 valence electrons. The highest BCUT2D eigenvalue weighted by Crippen LogP contribution is 2.34. The summed E-state index contributed by atoms with van der Waals surface area (Å²) in [6.45, 7) is 4.40. The van der Waals surface area contributed by atoms with E-state index in [0.717, 1.165) is 18.9 Å². The minimum Gasteiger partial charge on any atom is -0.381 e. The fourth-order valence-corrected chi connectivity index (χ4v) is 4.20. The van der Waals surface area contributed by atoms with Crippen LogP contribution in [-0.4, -0.2) is 53.5 Å². The van der Waals surface area contributed by atoms with E-state index in [1.54, 1.807) is 0 Å². The van der Waals surface area contributed by atoms with Crippen molar-refractivity contribution in [2.75, 3.05) is 38.3 Å². The molecule has 24 heavy (non-hydrogen) atoms. The van der Waals surface area contributed by atoms with Crippen molar-refractivity contribution < 1.29 is 22.3 Å². The maximum atomic E-state index is 14.6. The van der Waals surface area contributed by atoms with Crippen LogP contribution in [-0.2, 0) is 19.5 Å². The van der Waals surface area contributed by atoms with Crippen LogP contribution in [0.15, 0.2) is 23.1 Å². The molecule has 6 nitrogen and oxygen atoms in total. The lowest BCUT2D eigenvalue weighted by Crippen LogP contribution is -2.57. The van der Waals surface area contributed by atoms with E-state index in [0.29, 0.717) is 32.0 Å². The lowest BCUT2D eigenvalue weighted by atomic mass is 9.91. The fraction of sp³-hybridized carbons (Fsp3) is 0.625. The first-order valence-corrected chi connectivity index (χ1v) is 9.57. The van der Waals surface area contributed by atoms with Crippen LogP contribution in [0.3, 0.4) is 0 Å². The Morgan fingerprint density at radius 1 is 1.33 bits per heavy atom. The van der Waals surface area contributed by atoms with Crippen LogP contribution in [0.2, 0.25) is 0 Å². The Labute approximate surface area is 142 Å². The minimum atomic E-state index is -3.66. The smallest absolute Gasteiger partial charge is 0.240 e. The van der Waals surface area contributed by atoms with Crippen LogP contribution in [0.25, 0.3) is 0 Å². The monoisotopic (exact) mass is 358 g/mol. The number of anilines is 1. The number of nitrogens with zero attached hydrogens (tertiary/aromatic N) is 1. The summed E-state index contributed by atoms with van der Waals surface area (Å²) in [6.07, 6.45) is 1.53. The van der Waals surface area contributed by atoms with Crippen molar-refractivity contribution in [3.05, 3.63) is 24.0 Å². The number of sulfonamides is 1. The molecule has 1 N–H and O–H groups in total. The molecule has 2 saturated heterocycles. The number of hydrogen-bond acceptors (Lipinski definition) is 5. The Hall–Kier alpha value is -1.22. The first kappa shape index (κ1) is 17.6. The van der Waals surface area contributed by atoms with E-state index in [9.17, 15) is 12.8 Å². The van der Waals surface area contributed by atoms with Crippen molar-refractivity contribution in [2.45, 2.75) is 36.4 Å². The van der Waals surface area contributed by atoms with E-state index >= 15 is 0 Å². The molecule has 0 aromatic heterocycles. The molecule has 1 aromatic rings. The molecule has 1 unspecified atom stereocenters. The van der Waals surface area contributed by atoms with Gasteiger partial charge in [-0.2, -0.15) is 0 Å². The summed E-state index contributed by atoms with van der Waals surface area (Å²) in [7, 11) is -2.35. The molecule has 1 aromatic carbocycles. The molecule has 2 aliphatic rings. The van der Waals surface area contributed by atoms with Crippen LogP contribution in [0, 0.1) is 5.82 Å². The van der Waals surface area contributed by atoms with Gasteiger partial charge in [0.1, 0.15) is 5.82 Å². The van der Waals surface area contributed by atoms with Crippen molar-refractivity contribution in [1.29, 1.82) is 0 Å². The highest BCUT2D eigenvalue weighted by Gasteiger charge is 2.41. The second kappa shape index (κ2) is 6.59. The van der Waals surface area contributed by atoms with Crippen molar-refractivity contribution in [2.24, 2.45) is 0 Å². The molecule has 8 heteroatoms. The van der Waals surface area contributed by atoms with E-state index in [1.165, 1.54) is 19.2 Å². The van der Waals surface area contributed by atoms with Gasteiger partial charge >= 0.3 is 0 Å². The average molecular weight is 358 g/mol. The summed E-state index contributed by atoms with van der Waals surface area (Å²) >= 11 is 0. The Kier molecular flexibility index (Phi) is 4.83. The van der Waals surface area contributed by atoms with Gasteiger partial charge in [-0.15, -0.1) is 0 Å². The minimum absolute atomic E-state index is 0.0306. The molecule has 0 saturated carbocycles. The largest absolute Gasteiger partial charge is 0.381 e. The predicted octanol–water partition coefficient (Wildman–Crippen LogP) is 1.51. The van der Waals surface area contributed by atoms with Gasteiger partial charge < -0.3 is 14.4 Å². The lowest BCUT2D eigenvalue weighted by molar-refractivity contribution is -0.145. The number of halogens is 1. The third kappa shape index (κ3) is 3.42. The maximum Gasteiger partial charge on any atom is 0.240 e. The second-order valence-electron chi connectivity index (χ2n) is 6.43. The van der Waals surface area contributed by atoms with Crippen LogP contribution in [0.4, 0.5) is 10.1 Å². The van der Waals surface area contributed by atoms with E-state index in [4.69, 9.17) is 9.47 Å². The molecule has 2 heterocycles. The molecule has 3 rings (SSSR count). The van der Waals surface area contributed by atoms with Crippen molar-refractivity contribution in [1.82, 2.24) is 4.72 Å². The predicted molar refractivity (Wildman–Crippen MR) is 88.2 cm³/mol. The summed E-state index contributed by atoms with van der Waals surface area (Å²) in [5.41, 5.74) is 0.0870. The Morgan fingerprint density at radius 2 is 2.04 bits per heavy atom. The number of rotatable bonds is 3. The molecule has 0 radical (unpaired) electrons. The van der Waals surface area contributed by atoms with E-state index in [1.807, 2.05) is 11.8 Å². The third-order valence-corrected chi connectivity index (χ3v) is 6.06. The second-order valence-corrected chi connectivity index (χ2v) is 8.31. The van der Waals surface area contributed by atoms with Gasteiger partial charge in [0.15, 0.2) is 0 Å². The number of benzene rings is 1. The van der Waals surface area contributed by atoms with Gasteiger partial charge in [0.05, 0.1) is 22.3 Å². The first-order chi connectivity index (χ1) is 11.4. The number of hydrogen-bond donors (Lipinski definition) is 1. The first-order valence-electron chi connectivity index (χ1n) is 8.09. The van der Waals surface area contributed by atoms with Crippen LogP contribution >= 0.6 is 0 Å². The molecular formula is C16H23FN2O4S. The molecule has 0 bridgehead atoms. The third-order valence-electron chi connectivity index (χ3n) is 4.65. The Bertz CT molecular complexity index is 704. The zero-order chi connectivity index (χ0) is 17.4. The molecule has 0 amide bonds. The highest BCUT2D eigenvalue weighted by atomic mass is 32.2. The Morgan fingerprint density at radius 3 is 2.67 bits per heavy atom. The standard InChI is InChI=1S/C16H23FN2O4S/c1-12-10-19(11-16(23-12)5-7-22-8-6-16)15-4-3-13(9-14(15)17)24(20,21)18-2/h3-4,9,12,18H,5-8,10-11H2,1-2H3. The zero-order valence-electron chi connectivity index (χ0n) is 13.9. The van der Waals surface area contributed by atoms with Crippen molar-refractivity contribution in [3.63, 3.8) is 0 Å². The summed E-state index contributed by atoms with van der Waals surface area (Å²) in [5.74, 6) is -0.539. The summed E-state index contributed by atoms with van der Waals surface area (Å²) in [4.78, 5) is 1.87. The van der Waals surface area contributed by atoms with Crippen LogP contribution in [0.1, 0.15) is 19.8 Å². The molecule has 0 aliphatic carbocycles. The van der Waals surface area contributed by atoms with Gasteiger partial charge in [-0.05, 0) is 32.2 Å². The van der Waals surface area contributed by atoms with Crippen LogP contribution < -0.4 is 9.62 Å². The number of morpholine rings is 1. The molecule has 1 spiro atoms. The normalized spacial score (nSPS) is 24.3. The Balaban J connectivity index is 1.88. The van der Waals surface area contributed by atoms with Gasteiger partial charge in [0.2, 0.25) is 10.0 Å². The van der Waals surface area contributed by atoms with Gasteiger partial charge in [0.25, 0.3) is 0 Å². The maximum absolute atomic E-state index is 14.6. The summed E-state index contributed by atoms with van der Waals surface area (Å²) in [6, 6.07) is 4.03. The number of nitrogens with one attached hydrogen (secondary N) is 1. The molecule has 2 aliphatic heterocycles. The van der Waals surface area contributed by atoms with E-state index in [-0.39, 0.29) is 16.6 Å². The molecule has 2 fully saturated rings. The van der Waals surface area contributed by atoms with Crippen LogP contribution in [0.5, 0.6) is 0 Å². The van der Waals surface area contributed by atoms with E-state index in [2.05, 4.69) is 4.72 Å². The zero-order valence-corrected chi connectivity index (χ0v) is 14.7. The van der Waals surface area contributed by atoms with Crippen molar-refractivity contribution in [3.8, 4) is 0 Å². The van der Waals surface area contributed by atoms with Gasteiger partial charge in [0, 0.05) is 39.1 Å². The summed E-state index contributed by atoms with van der Waals surface area (Å²) in [5, 5.41) is 0. The van der Waals surface area contributed by atoms with E-state index < -0.39 is 15.8 Å². The SMILES string of the molecule is CNS(=O)(=O)c1ccc(N2CC(C)OC3(CCOCC3)C2)c(F)c1. The average Bonchev–Trinajstić information content (AvgIpc) is 2.54. The van der Waals surface area contributed by atoms with Gasteiger partial charge in [-0.3, -0.25) is 0 Å². The van der Waals surface area contributed by atoms with Gasteiger partial charge in [-0.1, -0.05) is 0 Å². The van der Waals surface area contributed by atoms with Gasteiger partial charge in [-0.25, -0.2) is 17.5 Å². The fourth-order valence-electron chi connectivity index (χ4n) is 3.46. The summed E-state index contributed by atoms with van der Waals surface area (Å²) < 4.78 is 52.0. The molecular weight excluding hydrogens is 335 g/mol. The number of ether oxygens (including phenoxy) is 2. The lowest BCUT2D eigenvalue weighted by Gasteiger charge is -2.48.